The summed E-state index contributed by atoms with van der Waals surface area (Å²) in [4.78, 5) is 10.5. The fraction of sp³-hybridized carbons (Fsp3) is 0.154. The highest BCUT2D eigenvalue weighted by molar-refractivity contribution is 5.72. The van der Waals surface area contributed by atoms with Gasteiger partial charge in [0.15, 0.2) is 12.0 Å². The number of aliphatic hydroxyl groups is 1. The molecule has 0 bridgehead atoms. The summed E-state index contributed by atoms with van der Waals surface area (Å²) in [6.07, 6.45) is 0.669. The summed E-state index contributed by atoms with van der Waals surface area (Å²) < 4.78 is 10.5. The third kappa shape index (κ3) is 2.73. The van der Waals surface area contributed by atoms with Gasteiger partial charge in [0.1, 0.15) is 18.1 Å². The molecule has 2 aromatic rings. The van der Waals surface area contributed by atoms with Crippen molar-refractivity contribution in [2.45, 2.75) is 0 Å². The first kappa shape index (κ1) is 11.4. The van der Waals surface area contributed by atoms with Crippen molar-refractivity contribution < 1.29 is 19.1 Å². The summed E-state index contributed by atoms with van der Waals surface area (Å²) in [7, 11) is 0. The monoisotopic (exact) mass is 232 g/mol. The van der Waals surface area contributed by atoms with E-state index in [0.717, 1.165) is 5.56 Å². The van der Waals surface area contributed by atoms with Crippen molar-refractivity contribution in [1.29, 1.82) is 0 Å². The first-order chi connectivity index (χ1) is 8.33. The average Bonchev–Trinajstić information content (AvgIpc) is 2.86. The first-order valence-corrected chi connectivity index (χ1v) is 5.22. The Morgan fingerprint density at radius 1 is 1.18 bits per heavy atom. The molecule has 0 aliphatic carbocycles. The molecule has 1 heterocycles. The van der Waals surface area contributed by atoms with Crippen LogP contribution in [0.1, 0.15) is 10.6 Å². The average molecular weight is 232 g/mol. The van der Waals surface area contributed by atoms with Crippen LogP contribution in [0, 0.1) is 0 Å². The molecule has 0 fully saturated rings. The fourth-order valence-electron chi connectivity index (χ4n) is 1.45. The third-order valence-electron chi connectivity index (χ3n) is 2.24. The molecule has 0 atom stereocenters. The summed E-state index contributed by atoms with van der Waals surface area (Å²) in [6.45, 7) is 0.262. The first-order valence-electron chi connectivity index (χ1n) is 5.22. The normalized spacial score (nSPS) is 10.2. The van der Waals surface area contributed by atoms with E-state index in [-0.39, 0.29) is 13.2 Å². The third-order valence-corrected chi connectivity index (χ3v) is 2.24. The molecule has 1 aromatic heterocycles. The van der Waals surface area contributed by atoms with E-state index < -0.39 is 0 Å². The molecule has 0 aliphatic rings. The van der Waals surface area contributed by atoms with E-state index in [0.29, 0.717) is 23.6 Å². The Labute approximate surface area is 98.4 Å². The van der Waals surface area contributed by atoms with Gasteiger partial charge in [-0.15, -0.1) is 0 Å². The van der Waals surface area contributed by atoms with Gasteiger partial charge in [-0.25, -0.2) is 0 Å². The van der Waals surface area contributed by atoms with Crippen LogP contribution in [0.15, 0.2) is 40.8 Å². The van der Waals surface area contributed by atoms with E-state index in [2.05, 4.69) is 0 Å². The van der Waals surface area contributed by atoms with E-state index in [1.807, 2.05) is 12.1 Å². The highest BCUT2D eigenvalue weighted by atomic mass is 16.5. The summed E-state index contributed by atoms with van der Waals surface area (Å²) in [6, 6.07) is 10.6. The molecule has 0 saturated carbocycles. The predicted molar refractivity (Wildman–Crippen MR) is 62.1 cm³/mol. The van der Waals surface area contributed by atoms with E-state index >= 15 is 0 Å². The Kier molecular flexibility index (Phi) is 3.57. The van der Waals surface area contributed by atoms with E-state index in [9.17, 15) is 4.79 Å². The van der Waals surface area contributed by atoms with Crippen molar-refractivity contribution in [2.24, 2.45) is 0 Å². The number of benzene rings is 1. The van der Waals surface area contributed by atoms with Crippen LogP contribution in [-0.4, -0.2) is 24.6 Å². The Morgan fingerprint density at radius 3 is 2.53 bits per heavy atom. The van der Waals surface area contributed by atoms with E-state index in [1.54, 1.807) is 24.3 Å². The van der Waals surface area contributed by atoms with Gasteiger partial charge >= 0.3 is 0 Å². The van der Waals surface area contributed by atoms with E-state index in [1.165, 1.54) is 0 Å². The van der Waals surface area contributed by atoms with Crippen LogP contribution < -0.4 is 4.74 Å². The topological polar surface area (TPSA) is 59.7 Å². The van der Waals surface area contributed by atoms with Crippen molar-refractivity contribution in [1.82, 2.24) is 0 Å². The predicted octanol–water partition coefficient (Wildman–Crippen LogP) is 2.13. The van der Waals surface area contributed by atoms with Gasteiger partial charge in [-0.1, -0.05) is 0 Å². The van der Waals surface area contributed by atoms with Crippen molar-refractivity contribution in [3.63, 3.8) is 0 Å². The zero-order valence-corrected chi connectivity index (χ0v) is 9.13. The van der Waals surface area contributed by atoms with Crippen LogP contribution in [0.25, 0.3) is 11.3 Å². The molecule has 17 heavy (non-hydrogen) atoms. The van der Waals surface area contributed by atoms with E-state index in [4.69, 9.17) is 14.3 Å². The smallest absolute Gasteiger partial charge is 0.185 e. The second kappa shape index (κ2) is 5.32. The van der Waals surface area contributed by atoms with Crippen molar-refractivity contribution in [2.75, 3.05) is 13.2 Å². The van der Waals surface area contributed by atoms with Crippen LogP contribution >= 0.6 is 0 Å². The minimum absolute atomic E-state index is 0.0113. The van der Waals surface area contributed by atoms with Gasteiger partial charge in [0, 0.05) is 5.56 Å². The maximum Gasteiger partial charge on any atom is 0.185 e. The van der Waals surface area contributed by atoms with Crippen LogP contribution in [-0.2, 0) is 0 Å². The summed E-state index contributed by atoms with van der Waals surface area (Å²) in [5.74, 6) is 1.63. The minimum Gasteiger partial charge on any atom is -0.491 e. The summed E-state index contributed by atoms with van der Waals surface area (Å²) >= 11 is 0. The number of carbonyl (C=O) groups is 1. The fourth-order valence-corrected chi connectivity index (χ4v) is 1.45. The van der Waals surface area contributed by atoms with Gasteiger partial charge < -0.3 is 14.3 Å². The standard InChI is InChI=1S/C13H12O4/c14-7-8-16-11-3-1-10(2-4-11)13-6-5-12(9-15)17-13/h1-6,9,14H,7-8H2. The SMILES string of the molecule is O=Cc1ccc(-c2ccc(OCCO)cc2)o1. The molecule has 0 saturated heterocycles. The largest absolute Gasteiger partial charge is 0.491 e. The van der Waals surface area contributed by atoms with Gasteiger partial charge in [0.25, 0.3) is 0 Å². The van der Waals surface area contributed by atoms with Crippen molar-refractivity contribution in [3.05, 3.63) is 42.2 Å². The molecule has 0 spiro atoms. The molecular formula is C13H12O4. The zero-order chi connectivity index (χ0) is 12.1. The van der Waals surface area contributed by atoms with Gasteiger partial charge in [0.05, 0.1) is 6.61 Å². The van der Waals surface area contributed by atoms with Gasteiger partial charge in [-0.2, -0.15) is 0 Å². The summed E-state index contributed by atoms with van der Waals surface area (Å²) in [5, 5.41) is 8.62. The Hall–Kier alpha value is -2.07. The molecule has 88 valence electrons. The number of rotatable bonds is 5. The molecule has 4 nitrogen and oxygen atoms in total. The van der Waals surface area contributed by atoms with Crippen molar-refractivity contribution >= 4 is 6.29 Å². The highest BCUT2D eigenvalue weighted by Gasteiger charge is 2.04. The molecule has 1 aromatic carbocycles. The minimum atomic E-state index is -0.0113. The lowest BCUT2D eigenvalue weighted by Crippen LogP contribution is -2.01. The zero-order valence-electron chi connectivity index (χ0n) is 9.13. The lowest BCUT2D eigenvalue weighted by molar-refractivity contribution is 0.110. The molecule has 1 N–H and O–H groups in total. The van der Waals surface area contributed by atoms with Crippen molar-refractivity contribution in [3.8, 4) is 17.1 Å². The number of furan rings is 1. The Bertz CT molecular complexity index is 484. The van der Waals surface area contributed by atoms with Gasteiger partial charge in [0.2, 0.25) is 0 Å². The number of ether oxygens (including phenoxy) is 1. The highest BCUT2D eigenvalue weighted by Crippen LogP contribution is 2.23. The number of hydrogen-bond donors (Lipinski definition) is 1. The molecule has 0 unspecified atom stereocenters. The number of aliphatic hydroxyl groups excluding tert-OH is 1. The second-order valence-electron chi connectivity index (χ2n) is 3.42. The van der Waals surface area contributed by atoms with Gasteiger partial charge in [-0.3, -0.25) is 4.79 Å². The molecule has 2 rings (SSSR count). The Balaban J connectivity index is 2.14. The van der Waals surface area contributed by atoms with Crippen LogP contribution in [0.5, 0.6) is 5.75 Å². The molecule has 0 radical (unpaired) electrons. The molecule has 4 heteroatoms. The summed E-state index contributed by atoms with van der Waals surface area (Å²) in [5.41, 5.74) is 0.870. The lowest BCUT2D eigenvalue weighted by Gasteiger charge is -2.04. The Morgan fingerprint density at radius 2 is 1.94 bits per heavy atom. The number of carbonyl (C=O) groups excluding carboxylic acids is 1. The molecular weight excluding hydrogens is 220 g/mol. The quantitative estimate of drug-likeness (QED) is 0.802. The molecule has 0 aliphatic heterocycles. The van der Waals surface area contributed by atoms with Crippen LogP contribution in [0.2, 0.25) is 0 Å². The van der Waals surface area contributed by atoms with Crippen LogP contribution in [0.4, 0.5) is 0 Å². The molecule has 0 amide bonds. The number of hydrogen-bond acceptors (Lipinski definition) is 4. The second-order valence-corrected chi connectivity index (χ2v) is 3.42. The number of aldehydes is 1. The van der Waals surface area contributed by atoms with Gasteiger partial charge in [-0.05, 0) is 36.4 Å². The maximum atomic E-state index is 10.5. The lowest BCUT2D eigenvalue weighted by atomic mass is 10.2. The maximum absolute atomic E-state index is 10.5. The van der Waals surface area contributed by atoms with Crippen LogP contribution in [0.3, 0.4) is 0 Å².